The Morgan fingerprint density at radius 2 is 1.88 bits per heavy atom. The number of halogens is 3. The van der Waals surface area contributed by atoms with E-state index in [-0.39, 0.29) is 45.4 Å². The van der Waals surface area contributed by atoms with E-state index in [2.05, 4.69) is 9.97 Å². The van der Waals surface area contributed by atoms with Gasteiger partial charge in [-0.05, 0) is 69.2 Å². The summed E-state index contributed by atoms with van der Waals surface area (Å²) in [5, 5.41) is 19.9. The normalized spacial score (nSPS) is 17.7. The van der Waals surface area contributed by atoms with Crippen molar-refractivity contribution in [3.8, 4) is 11.9 Å². The first-order valence-electron chi connectivity index (χ1n) is 13.2. The summed E-state index contributed by atoms with van der Waals surface area (Å²) in [6.07, 6.45) is 1.06. The molecule has 2 aromatic carbocycles. The van der Waals surface area contributed by atoms with Crippen molar-refractivity contribution in [2.24, 2.45) is 0 Å². The minimum Gasteiger partial charge on any atom is -0.474 e. The van der Waals surface area contributed by atoms with Gasteiger partial charge < -0.3 is 14.7 Å². The largest absolute Gasteiger partial charge is 0.474 e. The van der Waals surface area contributed by atoms with E-state index in [4.69, 9.17) is 17.0 Å². The second-order valence-corrected chi connectivity index (χ2v) is 11.2. The number of hydrogen-bond acceptors (Lipinski definition) is 7. The number of rotatable bonds is 8. The van der Waals surface area contributed by atoms with Gasteiger partial charge in [-0.2, -0.15) is 10.2 Å². The molecule has 0 unspecified atom stereocenters. The molecule has 8 nitrogen and oxygen atoms in total. The van der Waals surface area contributed by atoms with Crippen LogP contribution in [0.25, 0.3) is 10.9 Å². The van der Waals surface area contributed by atoms with Gasteiger partial charge in [0.2, 0.25) is 5.88 Å². The van der Waals surface area contributed by atoms with Crippen LogP contribution in [-0.2, 0) is 17.1 Å². The summed E-state index contributed by atoms with van der Waals surface area (Å²) in [5.74, 6) is -4.07. The van der Waals surface area contributed by atoms with Crippen LogP contribution in [0.3, 0.4) is 0 Å². The van der Waals surface area contributed by atoms with Gasteiger partial charge in [-0.15, -0.1) is 0 Å². The maximum absolute atomic E-state index is 15.6. The molecule has 1 aliphatic carbocycles. The molecule has 5 rings (SSSR count). The second kappa shape index (κ2) is 9.92. The Balaban J connectivity index is 1.61. The number of alkyl halides is 2. The lowest BCUT2D eigenvalue weighted by molar-refractivity contribution is -0.120. The Labute approximate surface area is 240 Å². The van der Waals surface area contributed by atoms with Crippen LogP contribution in [0.15, 0.2) is 30.3 Å². The van der Waals surface area contributed by atoms with Gasteiger partial charge in [0.15, 0.2) is 10.9 Å². The number of nitriles is 1. The lowest BCUT2D eigenvalue weighted by atomic mass is 9.98. The Bertz CT molecular complexity index is 1630. The number of fused-ring (bicyclic) bond motifs is 1. The lowest BCUT2D eigenvalue weighted by Crippen LogP contribution is -2.44. The number of hydrogen-bond donors (Lipinski definition) is 1. The number of ether oxygens (including phenoxy) is 1. The predicted molar refractivity (Wildman–Crippen MR) is 151 cm³/mol. The Morgan fingerprint density at radius 1 is 1.17 bits per heavy atom. The first kappa shape index (κ1) is 28.7. The lowest BCUT2D eigenvalue weighted by Gasteiger charge is -2.29. The fourth-order valence-corrected chi connectivity index (χ4v) is 5.32. The van der Waals surface area contributed by atoms with Crippen molar-refractivity contribution < 1.29 is 27.8 Å². The quantitative estimate of drug-likeness (QED) is 0.346. The molecule has 1 saturated carbocycles. The van der Waals surface area contributed by atoms with Gasteiger partial charge >= 0.3 is 0 Å². The van der Waals surface area contributed by atoms with Crippen LogP contribution in [0.5, 0.6) is 5.88 Å². The van der Waals surface area contributed by atoms with Gasteiger partial charge in [0.25, 0.3) is 11.8 Å². The maximum Gasteiger partial charge on any atom is 0.274 e. The maximum atomic E-state index is 15.6. The Kier molecular flexibility index (Phi) is 6.94. The molecular formula is C29H28F3N5O3S. The van der Waals surface area contributed by atoms with E-state index in [0.717, 1.165) is 11.0 Å². The molecule has 0 spiro atoms. The topological polar surface area (TPSA) is 103 Å². The number of nitrogens with zero attached hydrogens (tertiary/aromatic N) is 5. The van der Waals surface area contributed by atoms with Crippen molar-refractivity contribution >= 4 is 45.5 Å². The molecule has 1 amide bonds. The van der Waals surface area contributed by atoms with Crippen LogP contribution >= 0.6 is 12.2 Å². The molecule has 1 saturated heterocycles. The van der Waals surface area contributed by atoms with E-state index in [1.165, 1.54) is 30.0 Å². The van der Waals surface area contributed by atoms with Crippen LogP contribution < -0.4 is 14.5 Å². The van der Waals surface area contributed by atoms with Gasteiger partial charge in [0.1, 0.15) is 23.5 Å². The number of aromatic nitrogens is 2. The molecule has 1 aromatic heterocycles. The molecule has 1 aliphatic heterocycles. The summed E-state index contributed by atoms with van der Waals surface area (Å²) in [4.78, 5) is 25.0. The summed E-state index contributed by atoms with van der Waals surface area (Å²) in [7, 11) is 0. The molecule has 3 aromatic rings. The fourth-order valence-electron chi connectivity index (χ4n) is 4.80. The highest BCUT2D eigenvalue weighted by Gasteiger charge is 2.51. The van der Waals surface area contributed by atoms with E-state index in [9.17, 15) is 23.9 Å². The van der Waals surface area contributed by atoms with E-state index in [1.54, 1.807) is 26.0 Å². The number of amides is 1. The SMILES string of the molecule is CCc1nc(OCC2(O)CC2)c2cc(N3C(=S)N(c4ccc(C#N)c(C(F)(F)CC)c4)C(=O)C3(C)C)cc(F)c2n1. The van der Waals surface area contributed by atoms with Crippen molar-refractivity contribution in [2.75, 3.05) is 16.4 Å². The number of aryl methyl sites for hydroxylation is 1. The van der Waals surface area contributed by atoms with Crippen LogP contribution in [0, 0.1) is 17.1 Å². The zero-order valence-electron chi connectivity index (χ0n) is 23.0. The number of carbonyl (C=O) groups is 1. The number of aliphatic hydroxyl groups is 1. The van der Waals surface area contributed by atoms with E-state index < -0.39 is 40.8 Å². The second-order valence-electron chi connectivity index (χ2n) is 10.9. The summed E-state index contributed by atoms with van der Waals surface area (Å²) >= 11 is 5.69. The van der Waals surface area contributed by atoms with E-state index >= 15 is 4.39 Å². The molecule has 41 heavy (non-hydrogen) atoms. The first-order valence-corrected chi connectivity index (χ1v) is 13.6. The number of benzene rings is 2. The van der Waals surface area contributed by atoms with Crippen molar-refractivity contribution in [1.29, 1.82) is 5.26 Å². The molecule has 214 valence electrons. The molecule has 0 bridgehead atoms. The fraction of sp³-hybridized carbons (Fsp3) is 0.414. The zero-order valence-corrected chi connectivity index (χ0v) is 23.8. The van der Waals surface area contributed by atoms with Gasteiger partial charge in [-0.1, -0.05) is 13.8 Å². The van der Waals surface area contributed by atoms with Gasteiger partial charge in [0, 0.05) is 24.1 Å². The van der Waals surface area contributed by atoms with Gasteiger partial charge in [-0.25, -0.2) is 18.2 Å². The van der Waals surface area contributed by atoms with Crippen LogP contribution in [-0.4, -0.2) is 43.8 Å². The summed E-state index contributed by atoms with van der Waals surface area (Å²) in [5.41, 5.74) is -2.71. The van der Waals surface area contributed by atoms with Crippen LogP contribution in [0.1, 0.15) is 63.9 Å². The molecule has 2 heterocycles. The van der Waals surface area contributed by atoms with Crippen LogP contribution in [0.4, 0.5) is 24.5 Å². The van der Waals surface area contributed by atoms with Crippen molar-refractivity contribution in [1.82, 2.24) is 9.97 Å². The summed E-state index contributed by atoms with van der Waals surface area (Å²) < 4.78 is 50.9. The average molecular weight is 584 g/mol. The zero-order chi connectivity index (χ0) is 29.9. The smallest absolute Gasteiger partial charge is 0.274 e. The standard InChI is InChI=1S/C29H28F3N5O3S/c1-5-22-34-23-19(24(35-22)40-15-28(39)9-10-28)11-18(13-21(23)30)37-26(41)36(25(38)27(37,3)4)17-8-7-16(14-33)20(12-17)29(31,32)6-2/h7-8,11-13,39H,5-6,9-10,15H2,1-4H3. The van der Waals surface area contributed by atoms with E-state index in [1.807, 2.05) is 6.92 Å². The number of carbonyl (C=O) groups excluding carboxylic acids is 1. The van der Waals surface area contributed by atoms with Crippen molar-refractivity contribution in [3.63, 3.8) is 0 Å². The van der Waals surface area contributed by atoms with Crippen LogP contribution in [0.2, 0.25) is 0 Å². The molecular weight excluding hydrogens is 555 g/mol. The van der Waals surface area contributed by atoms with Gasteiger partial charge in [0.05, 0.1) is 28.3 Å². The summed E-state index contributed by atoms with van der Waals surface area (Å²) in [6, 6.07) is 8.25. The molecule has 1 N–H and O–H groups in total. The molecule has 0 radical (unpaired) electrons. The third-order valence-corrected chi connectivity index (χ3v) is 7.88. The first-order chi connectivity index (χ1) is 19.3. The third kappa shape index (κ3) is 4.87. The molecule has 2 fully saturated rings. The monoisotopic (exact) mass is 583 g/mol. The van der Waals surface area contributed by atoms with Crippen molar-refractivity contribution in [3.05, 3.63) is 53.1 Å². The highest BCUT2D eigenvalue weighted by molar-refractivity contribution is 7.81. The number of anilines is 2. The van der Waals surface area contributed by atoms with Gasteiger partial charge in [-0.3, -0.25) is 9.69 Å². The summed E-state index contributed by atoms with van der Waals surface area (Å²) in [6.45, 7) is 6.28. The Hall–Kier alpha value is -3.82. The molecule has 12 heteroatoms. The average Bonchev–Trinajstić information content (AvgIpc) is 3.64. The van der Waals surface area contributed by atoms with Crippen molar-refractivity contribution in [2.45, 2.75) is 70.4 Å². The third-order valence-electron chi connectivity index (χ3n) is 7.52. The Morgan fingerprint density at radius 3 is 2.49 bits per heavy atom. The highest BCUT2D eigenvalue weighted by atomic mass is 32.1. The van der Waals surface area contributed by atoms with E-state index in [0.29, 0.717) is 25.1 Å². The minimum absolute atomic E-state index is 0.0165. The molecule has 0 atom stereocenters. The highest BCUT2D eigenvalue weighted by Crippen LogP contribution is 2.42. The predicted octanol–water partition coefficient (Wildman–Crippen LogP) is 5.53. The number of thiocarbonyl (C=S) groups is 1. The minimum atomic E-state index is -3.30. The molecule has 2 aliphatic rings.